The molecule has 0 spiro atoms. The number of ether oxygens (including phenoxy) is 1. The zero-order valence-electron chi connectivity index (χ0n) is 19.3. The molecule has 0 atom stereocenters. The summed E-state index contributed by atoms with van der Waals surface area (Å²) in [5.74, 6) is -1.11. The Bertz CT molecular complexity index is 1270. The van der Waals surface area contributed by atoms with Crippen molar-refractivity contribution in [2.75, 3.05) is 50.0 Å². The monoisotopic (exact) mass is 521 g/mol. The molecule has 10 heteroatoms. The normalized spacial score (nSPS) is 15.0. The van der Waals surface area contributed by atoms with Crippen molar-refractivity contribution in [3.8, 4) is 0 Å². The fraction of sp³-hybridized carbons (Fsp3) is 0.417. The Hall–Kier alpha value is -2.04. The Labute approximate surface area is 209 Å². The highest BCUT2D eigenvalue weighted by Gasteiger charge is 2.27. The highest BCUT2D eigenvalue weighted by Crippen LogP contribution is 2.32. The lowest BCUT2D eigenvalue weighted by molar-refractivity contribution is -0.116. The van der Waals surface area contributed by atoms with E-state index in [2.05, 4.69) is 4.90 Å². The zero-order chi connectivity index (χ0) is 24.3. The minimum atomic E-state index is -3.82. The van der Waals surface area contributed by atoms with Crippen LogP contribution in [0.5, 0.6) is 0 Å². The minimum absolute atomic E-state index is 0.0780. The van der Waals surface area contributed by atoms with E-state index in [1.807, 2.05) is 26.0 Å². The molecule has 0 radical (unpaired) electrons. The van der Waals surface area contributed by atoms with E-state index in [0.29, 0.717) is 36.3 Å². The van der Waals surface area contributed by atoms with Crippen LogP contribution in [0.25, 0.3) is 10.2 Å². The molecular weight excluding hydrogens is 494 g/mol. The van der Waals surface area contributed by atoms with Crippen LogP contribution < -0.4 is 4.90 Å². The van der Waals surface area contributed by atoms with Crippen LogP contribution in [-0.4, -0.2) is 69.4 Å². The van der Waals surface area contributed by atoms with Gasteiger partial charge in [0.05, 0.1) is 28.3 Å². The van der Waals surface area contributed by atoms with E-state index in [-0.39, 0.29) is 4.90 Å². The number of anilines is 1. The van der Waals surface area contributed by atoms with Gasteiger partial charge in [0.15, 0.2) is 15.0 Å². The Morgan fingerprint density at radius 3 is 2.56 bits per heavy atom. The highest BCUT2D eigenvalue weighted by atomic mass is 35.5. The van der Waals surface area contributed by atoms with Crippen molar-refractivity contribution in [1.82, 2.24) is 9.88 Å². The second-order valence-corrected chi connectivity index (χ2v) is 11.9. The van der Waals surface area contributed by atoms with Crippen LogP contribution in [0.15, 0.2) is 41.3 Å². The van der Waals surface area contributed by atoms with Gasteiger partial charge in [0, 0.05) is 31.2 Å². The molecule has 1 aliphatic heterocycles. The number of carbonyl (C=O) groups is 1. The Morgan fingerprint density at radius 2 is 1.85 bits per heavy atom. The van der Waals surface area contributed by atoms with Gasteiger partial charge in [0.25, 0.3) is 0 Å². The fourth-order valence-electron chi connectivity index (χ4n) is 3.90. The van der Waals surface area contributed by atoms with Crippen LogP contribution in [0.3, 0.4) is 0 Å². The Kier molecular flexibility index (Phi) is 7.89. The van der Waals surface area contributed by atoms with Gasteiger partial charge in [-0.3, -0.25) is 14.6 Å². The molecule has 7 nitrogen and oxygen atoms in total. The van der Waals surface area contributed by atoms with Crippen molar-refractivity contribution in [2.45, 2.75) is 25.2 Å². The number of aromatic nitrogens is 1. The smallest absolute Gasteiger partial charge is 0.244 e. The molecule has 2 heterocycles. The van der Waals surface area contributed by atoms with E-state index in [0.717, 1.165) is 41.0 Å². The van der Waals surface area contributed by atoms with Gasteiger partial charge in [-0.15, -0.1) is 0 Å². The summed E-state index contributed by atoms with van der Waals surface area (Å²) in [6, 6.07) is 9.92. The number of amides is 1. The number of sulfone groups is 1. The second kappa shape index (κ2) is 10.7. The lowest BCUT2D eigenvalue weighted by Gasteiger charge is -2.27. The molecule has 0 bridgehead atoms. The Balaban J connectivity index is 1.58. The number of rotatable bonds is 8. The van der Waals surface area contributed by atoms with Crippen LogP contribution in [-0.2, 0) is 19.4 Å². The first kappa shape index (κ1) is 25.1. The number of thiazole rings is 1. The molecule has 0 saturated carbocycles. The first-order chi connectivity index (χ1) is 16.2. The molecule has 4 rings (SSSR count). The molecule has 1 aliphatic rings. The molecule has 182 valence electrons. The minimum Gasteiger partial charge on any atom is -0.379 e. The molecule has 1 saturated heterocycles. The molecule has 3 aromatic rings. The maximum atomic E-state index is 13.4. The van der Waals surface area contributed by atoms with Crippen LogP contribution >= 0.6 is 22.9 Å². The summed E-state index contributed by atoms with van der Waals surface area (Å²) in [7, 11) is -3.82. The first-order valence-electron chi connectivity index (χ1n) is 11.2. The highest BCUT2D eigenvalue weighted by molar-refractivity contribution is 7.92. The van der Waals surface area contributed by atoms with E-state index in [4.69, 9.17) is 21.3 Å². The van der Waals surface area contributed by atoms with E-state index >= 15 is 0 Å². The van der Waals surface area contributed by atoms with E-state index < -0.39 is 21.5 Å². The van der Waals surface area contributed by atoms with Gasteiger partial charge in [0.2, 0.25) is 5.91 Å². The van der Waals surface area contributed by atoms with Gasteiger partial charge in [-0.2, -0.15) is 0 Å². The summed E-state index contributed by atoms with van der Waals surface area (Å²) < 4.78 is 32.3. The van der Waals surface area contributed by atoms with E-state index in [1.54, 1.807) is 0 Å². The maximum Gasteiger partial charge on any atom is 0.244 e. The average Bonchev–Trinajstić information content (AvgIpc) is 3.24. The van der Waals surface area contributed by atoms with E-state index in [1.165, 1.54) is 40.5 Å². The molecule has 0 N–H and O–H groups in total. The lowest BCUT2D eigenvalue weighted by atomic mass is 10.1. The van der Waals surface area contributed by atoms with Crippen molar-refractivity contribution in [3.63, 3.8) is 0 Å². The fourth-order valence-corrected chi connectivity index (χ4v) is 6.29. The molecule has 1 aromatic heterocycles. The molecule has 34 heavy (non-hydrogen) atoms. The third kappa shape index (κ3) is 5.78. The molecular formula is C24H28ClN3O4S2. The summed E-state index contributed by atoms with van der Waals surface area (Å²) in [5.41, 5.74) is 3.04. The number of benzene rings is 2. The van der Waals surface area contributed by atoms with Gasteiger partial charge in [-0.05, 0) is 61.7 Å². The number of halogens is 1. The summed E-state index contributed by atoms with van der Waals surface area (Å²) in [6.07, 6.45) is 0.709. The molecule has 0 unspecified atom stereocenters. The third-order valence-electron chi connectivity index (χ3n) is 6.05. The first-order valence-corrected chi connectivity index (χ1v) is 14.0. The summed E-state index contributed by atoms with van der Waals surface area (Å²) in [6.45, 7) is 8.37. The Morgan fingerprint density at radius 1 is 1.15 bits per heavy atom. The van der Waals surface area contributed by atoms with E-state index in [9.17, 15) is 13.2 Å². The molecule has 2 aromatic carbocycles. The van der Waals surface area contributed by atoms with Crippen LogP contribution in [0.4, 0.5) is 5.13 Å². The molecule has 0 aliphatic carbocycles. The topological polar surface area (TPSA) is 79.8 Å². The molecule has 1 amide bonds. The number of carbonyl (C=O) groups excluding carboxylic acids is 1. The van der Waals surface area contributed by atoms with Crippen LogP contribution in [0, 0.1) is 13.8 Å². The summed E-state index contributed by atoms with van der Waals surface area (Å²) in [5, 5.41) is 0.970. The number of hydrogen-bond acceptors (Lipinski definition) is 7. The second-order valence-electron chi connectivity index (χ2n) is 8.42. The summed E-state index contributed by atoms with van der Waals surface area (Å²) in [4.78, 5) is 22.0. The zero-order valence-corrected chi connectivity index (χ0v) is 21.7. The largest absolute Gasteiger partial charge is 0.379 e. The van der Waals surface area contributed by atoms with Crippen LogP contribution in [0.2, 0.25) is 5.02 Å². The quantitative estimate of drug-likeness (QED) is 0.444. The maximum absolute atomic E-state index is 13.4. The average molecular weight is 522 g/mol. The van der Waals surface area contributed by atoms with Crippen molar-refractivity contribution < 1.29 is 17.9 Å². The SMILES string of the molecule is Cc1ccc2sc(N(CCCN3CCOCC3)C(=O)CS(=O)(=O)c3ccc(Cl)cc3)nc2c1C. The number of fused-ring (bicyclic) bond motifs is 1. The third-order valence-corrected chi connectivity index (χ3v) is 8.96. The van der Waals surface area contributed by atoms with Crippen molar-refractivity contribution >= 4 is 54.0 Å². The van der Waals surface area contributed by atoms with Crippen LogP contribution in [0.1, 0.15) is 17.5 Å². The number of aryl methyl sites for hydroxylation is 2. The van der Waals surface area contributed by atoms with Crippen molar-refractivity contribution in [3.05, 3.63) is 52.5 Å². The number of hydrogen-bond donors (Lipinski definition) is 0. The van der Waals surface area contributed by atoms with Gasteiger partial charge in [-0.1, -0.05) is 29.0 Å². The summed E-state index contributed by atoms with van der Waals surface area (Å²) >= 11 is 7.31. The number of morpholine rings is 1. The molecule has 1 fully saturated rings. The standard InChI is InChI=1S/C24H28ClN3O4S2/c1-17-4-9-21-23(18(17)2)26-24(33-21)28(11-3-10-27-12-14-32-15-13-27)22(29)16-34(30,31)20-7-5-19(25)6-8-20/h4-9H,3,10-16H2,1-2H3. The van der Waals surface area contributed by atoms with Gasteiger partial charge < -0.3 is 4.74 Å². The predicted molar refractivity (Wildman–Crippen MR) is 137 cm³/mol. The van der Waals surface area contributed by atoms with Crippen molar-refractivity contribution in [1.29, 1.82) is 0 Å². The van der Waals surface area contributed by atoms with Crippen molar-refractivity contribution in [2.24, 2.45) is 0 Å². The lowest BCUT2D eigenvalue weighted by Crippen LogP contribution is -2.40. The number of nitrogens with zero attached hydrogens (tertiary/aromatic N) is 3. The van der Waals surface area contributed by atoms with Gasteiger partial charge >= 0.3 is 0 Å². The van der Waals surface area contributed by atoms with Gasteiger partial charge in [-0.25, -0.2) is 13.4 Å². The van der Waals surface area contributed by atoms with Gasteiger partial charge in [0.1, 0.15) is 5.75 Å². The predicted octanol–water partition coefficient (Wildman–Crippen LogP) is 4.10.